The first-order valence-electron chi connectivity index (χ1n) is 17.7. The minimum absolute atomic E-state index is 0.290. The molecule has 246 valence electrons. The molecule has 2 amide bonds. The van der Waals surface area contributed by atoms with Gasteiger partial charge < -0.3 is 0 Å². The molecule has 44 heavy (non-hydrogen) atoms. The van der Waals surface area contributed by atoms with E-state index in [9.17, 15) is 9.59 Å². The number of rotatable bonds is 27. The third-order valence-corrected chi connectivity index (χ3v) is 15.7. The molecule has 0 aliphatic rings. The van der Waals surface area contributed by atoms with E-state index in [2.05, 4.69) is 38.1 Å². The summed E-state index contributed by atoms with van der Waals surface area (Å²) in [7, 11) is 0. The van der Waals surface area contributed by atoms with Gasteiger partial charge in [0.05, 0.1) is 0 Å². The van der Waals surface area contributed by atoms with Gasteiger partial charge in [-0.3, -0.25) is 0 Å². The molecular formula is C38H60N2O2Se2. The molecule has 0 unspecified atom stereocenters. The molecule has 0 spiro atoms. The van der Waals surface area contributed by atoms with Gasteiger partial charge in [-0.25, -0.2) is 0 Å². The Labute approximate surface area is 280 Å². The van der Waals surface area contributed by atoms with E-state index in [1.54, 1.807) is 0 Å². The molecule has 2 aromatic carbocycles. The Kier molecular flexibility index (Phi) is 21.6. The number of benzene rings is 2. The molecule has 0 aliphatic heterocycles. The number of carbonyl (C=O) groups excluding carboxylic acids is 2. The standard InChI is InChI=1S/C38H60N2O2Se2/c1-3-5-7-9-11-13-15-17-19-21-23-31-29-33(25-27-35(31)37(39)41)43-44-34-26-28-36(38(40)42)32(30-34)24-22-20-18-16-14-12-10-8-6-4-2/h25-30H,3-24H2,1-2H3,(H2,39,41)(H2,40,42). The zero-order chi connectivity index (χ0) is 31.8. The summed E-state index contributed by atoms with van der Waals surface area (Å²) >= 11 is 0.580. The van der Waals surface area contributed by atoms with Crippen molar-refractivity contribution in [3.05, 3.63) is 58.7 Å². The van der Waals surface area contributed by atoms with Crippen LogP contribution >= 0.6 is 0 Å². The first-order valence-corrected chi connectivity index (χ1v) is 23.7. The van der Waals surface area contributed by atoms with Gasteiger partial charge in [-0.2, -0.15) is 0 Å². The van der Waals surface area contributed by atoms with E-state index < -0.39 is 0 Å². The Balaban J connectivity index is 1.83. The van der Waals surface area contributed by atoms with Crippen LogP contribution in [0, 0.1) is 0 Å². The predicted molar refractivity (Wildman–Crippen MR) is 192 cm³/mol. The van der Waals surface area contributed by atoms with Gasteiger partial charge in [0.15, 0.2) is 0 Å². The molecule has 0 saturated carbocycles. The van der Waals surface area contributed by atoms with E-state index in [0.29, 0.717) is 37.4 Å². The average molecular weight is 735 g/mol. The first kappa shape index (κ1) is 38.6. The Morgan fingerprint density at radius 3 is 1.07 bits per heavy atom. The van der Waals surface area contributed by atoms with Crippen LogP contribution < -0.4 is 20.4 Å². The van der Waals surface area contributed by atoms with Gasteiger partial charge >= 0.3 is 242 Å². The van der Waals surface area contributed by atoms with Crippen LogP contribution in [0.1, 0.15) is 174 Å². The van der Waals surface area contributed by atoms with Crippen molar-refractivity contribution >= 4 is 47.0 Å². The fourth-order valence-corrected chi connectivity index (χ4v) is 11.9. The van der Waals surface area contributed by atoms with Crippen molar-refractivity contribution in [3.63, 3.8) is 0 Å². The predicted octanol–water partition coefficient (Wildman–Crippen LogP) is 8.09. The summed E-state index contributed by atoms with van der Waals surface area (Å²) in [6.45, 7) is 4.53. The van der Waals surface area contributed by atoms with E-state index >= 15 is 0 Å². The molecule has 0 aliphatic carbocycles. The van der Waals surface area contributed by atoms with Crippen LogP contribution in [0.15, 0.2) is 36.4 Å². The molecule has 0 atom stereocenters. The molecule has 0 bridgehead atoms. The first-order chi connectivity index (χ1) is 21.5. The van der Waals surface area contributed by atoms with E-state index in [-0.39, 0.29) is 11.8 Å². The van der Waals surface area contributed by atoms with E-state index in [0.717, 1.165) is 36.8 Å². The fourth-order valence-electron chi connectivity index (χ4n) is 5.84. The third-order valence-electron chi connectivity index (χ3n) is 8.52. The topological polar surface area (TPSA) is 86.2 Å². The molecular weight excluding hydrogens is 674 g/mol. The van der Waals surface area contributed by atoms with Crippen LogP contribution in [0.5, 0.6) is 0 Å². The van der Waals surface area contributed by atoms with Crippen molar-refractivity contribution in [3.8, 4) is 0 Å². The average Bonchev–Trinajstić information content (AvgIpc) is 3.01. The summed E-state index contributed by atoms with van der Waals surface area (Å²) in [6.07, 6.45) is 27.9. The van der Waals surface area contributed by atoms with E-state index in [1.165, 1.54) is 124 Å². The van der Waals surface area contributed by atoms with Crippen LogP contribution in [-0.4, -0.2) is 38.1 Å². The Hall–Kier alpha value is -1.58. The van der Waals surface area contributed by atoms with Crippen molar-refractivity contribution in [2.45, 2.75) is 155 Å². The molecule has 0 aromatic heterocycles. The monoisotopic (exact) mass is 736 g/mol. The van der Waals surface area contributed by atoms with Crippen LogP contribution in [0.25, 0.3) is 0 Å². The van der Waals surface area contributed by atoms with Gasteiger partial charge in [0, 0.05) is 0 Å². The summed E-state index contributed by atoms with van der Waals surface area (Å²) in [5, 5.41) is 0. The van der Waals surface area contributed by atoms with Gasteiger partial charge in [0.25, 0.3) is 0 Å². The Morgan fingerprint density at radius 2 is 0.773 bits per heavy atom. The minimum atomic E-state index is -0.324. The summed E-state index contributed by atoms with van der Waals surface area (Å²) in [5.74, 6) is -0.648. The maximum atomic E-state index is 12.1. The fraction of sp³-hybridized carbons (Fsp3) is 0.632. The van der Waals surface area contributed by atoms with Gasteiger partial charge in [0.2, 0.25) is 0 Å². The number of hydrogen-bond acceptors (Lipinski definition) is 2. The molecule has 4 nitrogen and oxygen atoms in total. The van der Waals surface area contributed by atoms with Gasteiger partial charge in [-0.15, -0.1) is 0 Å². The van der Waals surface area contributed by atoms with Crippen LogP contribution in [0.4, 0.5) is 0 Å². The number of hydrogen-bond donors (Lipinski definition) is 2. The van der Waals surface area contributed by atoms with Crippen molar-refractivity contribution in [1.29, 1.82) is 0 Å². The van der Waals surface area contributed by atoms with Crippen molar-refractivity contribution < 1.29 is 9.59 Å². The second-order valence-electron chi connectivity index (χ2n) is 12.4. The molecule has 4 N–H and O–H groups in total. The van der Waals surface area contributed by atoms with Crippen LogP contribution in [-0.2, 0) is 12.8 Å². The number of unbranched alkanes of at least 4 members (excludes halogenated alkanes) is 18. The zero-order valence-electron chi connectivity index (χ0n) is 27.8. The summed E-state index contributed by atoms with van der Waals surface area (Å²) in [6, 6.07) is 12.5. The molecule has 0 radical (unpaired) electrons. The van der Waals surface area contributed by atoms with Gasteiger partial charge in [0.1, 0.15) is 0 Å². The summed E-state index contributed by atoms with van der Waals surface area (Å²) in [5.41, 5.74) is 15.0. The Morgan fingerprint density at radius 1 is 0.477 bits per heavy atom. The van der Waals surface area contributed by atoms with Crippen molar-refractivity contribution in [2.24, 2.45) is 11.5 Å². The quantitative estimate of drug-likeness (QED) is 0.0719. The van der Waals surface area contributed by atoms with Crippen molar-refractivity contribution in [1.82, 2.24) is 0 Å². The summed E-state index contributed by atoms with van der Waals surface area (Å²) < 4.78 is 2.64. The number of nitrogens with two attached hydrogens (primary N) is 2. The molecule has 2 aromatic rings. The normalized spacial score (nSPS) is 11.2. The van der Waals surface area contributed by atoms with Gasteiger partial charge in [-0.1, -0.05) is 39.5 Å². The molecule has 0 fully saturated rings. The van der Waals surface area contributed by atoms with Crippen LogP contribution in [0.3, 0.4) is 0 Å². The van der Waals surface area contributed by atoms with Gasteiger partial charge in [-0.05, 0) is 0 Å². The molecule has 0 heterocycles. The molecule has 2 rings (SSSR count). The zero-order valence-corrected chi connectivity index (χ0v) is 31.2. The van der Waals surface area contributed by atoms with E-state index in [1.807, 2.05) is 12.1 Å². The number of primary amides is 2. The number of aryl methyl sites for hydroxylation is 2. The second-order valence-corrected chi connectivity index (χ2v) is 18.7. The summed E-state index contributed by atoms with van der Waals surface area (Å²) in [4.78, 5) is 24.2. The molecule has 0 saturated heterocycles. The Bertz CT molecular complexity index is 1000. The third kappa shape index (κ3) is 16.6. The second kappa shape index (κ2) is 24.6. The number of carbonyl (C=O) groups is 2. The SMILES string of the molecule is CCCCCCCCCCCCc1cc([Se][Se]c2ccc(C(N)=O)c(CCCCCCCCCCCC)c2)ccc1C(N)=O. The van der Waals surface area contributed by atoms with E-state index in [4.69, 9.17) is 11.5 Å². The van der Waals surface area contributed by atoms with Crippen molar-refractivity contribution in [2.75, 3.05) is 0 Å². The van der Waals surface area contributed by atoms with Crippen LogP contribution in [0.2, 0.25) is 0 Å². The maximum absolute atomic E-state index is 12.1. The number of amides is 2. The molecule has 6 heteroatoms.